The van der Waals surface area contributed by atoms with Gasteiger partial charge in [0.05, 0.1) is 44.4 Å². The number of aromatic nitrogens is 3. The summed E-state index contributed by atoms with van der Waals surface area (Å²) in [5, 5.41) is 17.7. The highest BCUT2D eigenvalue weighted by Gasteiger charge is 2.23. The number of para-hydroxylation sites is 5. The van der Waals surface area contributed by atoms with Crippen LogP contribution in [0.3, 0.4) is 0 Å². The standard InChI is InChI=1S/C43H26N4/c44-27-28-25-35-32-18-8-10-20-36(32)45(29-13-3-1-4-14-29)41(35)26-40(28)47-38-22-12-9-19-34(38)42-39(47)24-23-33-31-17-7-11-21-37(31)46(43(33)42)30-15-5-2-6-16-30/h1-26H. The molecular weight excluding hydrogens is 573 g/mol. The lowest BCUT2D eigenvalue weighted by atomic mass is 10.1. The summed E-state index contributed by atoms with van der Waals surface area (Å²) in [5.74, 6) is 0. The molecule has 0 saturated carbocycles. The van der Waals surface area contributed by atoms with E-state index < -0.39 is 0 Å². The lowest BCUT2D eigenvalue weighted by Crippen LogP contribution is -2.00. The first-order valence-corrected chi connectivity index (χ1v) is 15.9. The van der Waals surface area contributed by atoms with Crippen LogP contribution in [0.15, 0.2) is 158 Å². The molecule has 3 heterocycles. The summed E-state index contributed by atoms with van der Waals surface area (Å²) < 4.78 is 7.00. The topological polar surface area (TPSA) is 38.6 Å². The van der Waals surface area contributed by atoms with Crippen molar-refractivity contribution in [3.63, 3.8) is 0 Å². The van der Waals surface area contributed by atoms with Crippen molar-refractivity contribution in [3.8, 4) is 23.1 Å². The minimum atomic E-state index is 0.639. The number of nitrogens with zero attached hydrogens (tertiary/aromatic N) is 4. The van der Waals surface area contributed by atoms with Gasteiger partial charge >= 0.3 is 0 Å². The molecule has 0 saturated heterocycles. The lowest BCUT2D eigenvalue weighted by molar-refractivity contribution is 1.15. The Morgan fingerprint density at radius 3 is 1.57 bits per heavy atom. The number of hydrogen-bond acceptors (Lipinski definition) is 1. The third-order valence-electron chi connectivity index (χ3n) is 9.65. The lowest BCUT2D eigenvalue weighted by Gasteiger charge is -2.13. The average Bonchev–Trinajstić information content (AvgIpc) is 3.77. The SMILES string of the molecule is N#Cc1cc2c3ccccc3n(-c3ccccc3)c2cc1-n1c2ccccc2c2c1ccc1c3ccccc3n(-c3ccccc3)c12. The molecule has 10 rings (SSSR count). The van der Waals surface area contributed by atoms with E-state index in [2.05, 4.69) is 171 Å². The summed E-state index contributed by atoms with van der Waals surface area (Å²) in [4.78, 5) is 0. The second kappa shape index (κ2) is 9.71. The number of rotatable bonds is 3. The van der Waals surface area contributed by atoms with E-state index in [4.69, 9.17) is 0 Å². The average molecular weight is 599 g/mol. The molecule has 0 fully saturated rings. The first-order chi connectivity index (χ1) is 23.3. The van der Waals surface area contributed by atoms with Crippen molar-refractivity contribution < 1.29 is 0 Å². The van der Waals surface area contributed by atoms with Crippen LogP contribution in [0.4, 0.5) is 0 Å². The van der Waals surface area contributed by atoms with E-state index in [9.17, 15) is 5.26 Å². The van der Waals surface area contributed by atoms with Gasteiger partial charge in [-0.15, -0.1) is 0 Å². The third kappa shape index (κ3) is 3.51. The molecule has 3 aromatic heterocycles. The predicted octanol–water partition coefficient (Wildman–Crippen LogP) is 10.8. The molecule has 0 spiro atoms. The molecule has 0 amide bonds. The fraction of sp³-hybridized carbons (Fsp3) is 0. The third-order valence-corrected chi connectivity index (χ3v) is 9.65. The highest BCUT2D eigenvalue weighted by atomic mass is 15.0. The van der Waals surface area contributed by atoms with Crippen LogP contribution < -0.4 is 0 Å². The van der Waals surface area contributed by atoms with Crippen LogP contribution in [-0.4, -0.2) is 13.7 Å². The van der Waals surface area contributed by atoms with Crippen LogP contribution in [0.1, 0.15) is 5.56 Å². The van der Waals surface area contributed by atoms with Crippen LogP contribution in [0.2, 0.25) is 0 Å². The highest BCUT2D eigenvalue weighted by Crippen LogP contribution is 2.43. The van der Waals surface area contributed by atoms with Crippen molar-refractivity contribution in [3.05, 3.63) is 163 Å². The Hall–Kier alpha value is -6.57. The Labute approximate surface area is 270 Å². The number of nitriles is 1. The monoisotopic (exact) mass is 598 g/mol. The van der Waals surface area contributed by atoms with Gasteiger partial charge in [-0.3, -0.25) is 0 Å². The molecule has 0 N–H and O–H groups in total. The molecule has 10 aromatic rings. The Bertz CT molecular complexity index is 2900. The maximum Gasteiger partial charge on any atom is 0.101 e. The maximum absolute atomic E-state index is 10.7. The fourth-order valence-electron chi connectivity index (χ4n) is 7.75. The van der Waals surface area contributed by atoms with E-state index >= 15 is 0 Å². The molecule has 0 aliphatic rings. The van der Waals surface area contributed by atoms with E-state index in [0.717, 1.165) is 55.3 Å². The van der Waals surface area contributed by atoms with Gasteiger partial charge in [-0.2, -0.15) is 5.26 Å². The zero-order valence-electron chi connectivity index (χ0n) is 25.3. The molecule has 0 aliphatic carbocycles. The first-order valence-electron chi connectivity index (χ1n) is 15.9. The summed E-state index contributed by atoms with van der Waals surface area (Å²) in [6, 6.07) is 58.1. The van der Waals surface area contributed by atoms with Crippen LogP contribution >= 0.6 is 0 Å². The molecule has 4 heteroatoms. The summed E-state index contributed by atoms with van der Waals surface area (Å²) in [5.41, 5.74) is 10.4. The van der Waals surface area contributed by atoms with Gasteiger partial charge in [0.1, 0.15) is 6.07 Å². The van der Waals surface area contributed by atoms with Gasteiger partial charge in [-0.1, -0.05) is 97.1 Å². The Morgan fingerprint density at radius 2 is 0.915 bits per heavy atom. The molecule has 4 nitrogen and oxygen atoms in total. The molecule has 0 radical (unpaired) electrons. The number of fused-ring (bicyclic) bond motifs is 10. The Balaban J connectivity index is 1.39. The normalized spacial score (nSPS) is 11.8. The van der Waals surface area contributed by atoms with Crippen LogP contribution in [0.25, 0.3) is 82.5 Å². The molecular formula is C43H26N4. The van der Waals surface area contributed by atoms with Crippen molar-refractivity contribution in [1.29, 1.82) is 5.26 Å². The van der Waals surface area contributed by atoms with E-state index in [1.807, 2.05) is 6.07 Å². The van der Waals surface area contributed by atoms with Gasteiger partial charge in [-0.25, -0.2) is 0 Å². The summed E-state index contributed by atoms with van der Waals surface area (Å²) in [6.45, 7) is 0. The van der Waals surface area contributed by atoms with Gasteiger partial charge in [0.25, 0.3) is 0 Å². The van der Waals surface area contributed by atoms with Crippen molar-refractivity contribution in [2.75, 3.05) is 0 Å². The van der Waals surface area contributed by atoms with Crippen molar-refractivity contribution in [2.45, 2.75) is 0 Å². The van der Waals surface area contributed by atoms with Gasteiger partial charge in [0.2, 0.25) is 0 Å². The Kier molecular flexibility index (Phi) is 5.32. The minimum Gasteiger partial charge on any atom is -0.309 e. The zero-order valence-corrected chi connectivity index (χ0v) is 25.3. The molecule has 7 aromatic carbocycles. The highest BCUT2D eigenvalue weighted by molar-refractivity contribution is 6.26. The molecule has 0 aliphatic heterocycles. The van der Waals surface area contributed by atoms with Gasteiger partial charge in [-0.05, 0) is 60.7 Å². The van der Waals surface area contributed by atoms with Crippen molar-refractivity contribution in [2.24, 2.45) is 0 Å². The summed E-state index contributed by atoms with van der Waals surface area (Å²) in [6.07, 6.45) is 0. The molecule has 0 bridgehead atoms. The molecule has 0 unspecified atom stereocenters. The molecule has 218 valence electrons. The largest absolute Gasteiger partial charge is 0.309 e. The number of hydrogen-bond donors (Lipinski definition) is 0. The quantitative estimate of drug-likeness (QED) is 0.199. The zero-order chi connectivity index (χ0) is 31.1. The van der Waals surface area contributed by atoms with E-state index in [1.54, 1.807) is 0 Å². The molecule has 47 heavy (non-hydrogen) atoms. The number of benzene rings is 7. The van der Waals surface area contributed by atoms with E-state index in [-0.39, 0.29) is 0 Å². The smallest absolute Gasteiger partial charge is 0.101 e. The summed E-state index contributed by atoms with van der Waals surface area (Å²) >= 11 is 0. The summed E-state index contributed by atoms with van der Waals surface area (Å²) in [7, 11) is 0. The second-order valence-corrected chi connectivity index (χ2v) is 12.1. The molecule has 0 atom stereocenters. The van der Waals surface area contributed by atoms with Crippen LogP contribution in [0, 0.1) is 11.3 Å². The van der Waals surface area contributed by atoms with Crippen LogP contribution in [-0.2, 0) is 0 Å². The second-order valence-electron chi connectivity index (χ2n) is 12.1. The van der Waals surface area contributed by atoms with Gasteiger partial charge in [0.15, 0.2) is 0 Å². The van der Waals surface area contributed by atoms with Gasteiger partial charge < -0.3 is 13.7 Å². The van der Waals surface area contributed by atoms with Crippen LogP contribution in [0.5, 0.6) is 0 Å². The van der Waals surface area contributed by atoms with Crippen molar-refractivity contribution in [1.82, 2.24) is 13.7 Å². The van der Waals surface area contributed by atoms with E-state index in [0.29, 0.717) is 5.56 Å². The first kappa shape index (κ1) is 25.7. The Morgan fingerprint density at radius 1 is 0.383 bits per heavy atom. The fourth-order valence-corrected chi connectivity index (χ4v) is 7.75. The minimum absolute atomic E-state index is 0.639. The van der Waals surface area contributed by atoms with E-state index in [1.165, 1.54) is 27.2 Å². The van der Waals surface area contributed by atoms with Gasteiger partial charge in [0, 0.05) is 43.7 Å². The predicted molar refractivity (Wildman–Crippen MR) is 194 cm³/mol. The maximum atomic E-state index is 10.7. The van der Waals surface area contributed by atoms with Crippen molar-refractivity contribution >= 4 is 65.4 Å².